The molecule has 0 spiro atoms. The van der Waals surface area contributed by atoms with Gasteiger partial charge in [-0.2, -0.15) is 0 Å². The second kappa shape index (κ2) is 10.1. The molecule has 1 aliphatic rings. The van der Waals surface area contributed by atoms with Crippen molar-refractivity contribution in [2.45, 2.75) is 19.9 Å². The number of fused-ring (bicyclic) bond motifs is 1. The molecular formula is C14H21BrIN3O3. The molecule has 0 saturated heterocycles. The number of nitrogens with zero attached hydrogens (tertiary/aromatic N) is 1. The number of aliphatic imine (C=N–C) groups is 1. The number of hydrogen-bond acceptors (Lipinski definition) is 4. The Kier molecular flexibility index (Phi) is 8.88. The third-order valence-corrected chi connectivity index (χ3v) is 3.48. The zero-order valence-electron chi connectivity index (χ0n) is 12.4. The molecule has 3 N–H and O–H groups in total. The monoisotopic (exact) mass is 485 g/mol. The van der Waals surface area contributed by atoms with Gasteiger partial charge in [-0.05, 0) is 47.0 Å². The Morgan fingerprint density at radius 2 is 2.27 bits per heavy atom. The minimum Gasteiger partial charge on any atom is -0.454 e. The molecule has 0 unspecified atom stereocenters. The van der Waals surface area contributed by atoms with Gasteiger partial charge in [0.1, 0.15) is 0 Å². The van der Waals surface area contributed by atoms with E-state index in [1.165, 1.54) is 0 Å². The molecular weight excluding hydrogens is 465 g/mol. The van der Waals surface area contributed by atoms with Gasteiger partial charge in [0.25, 0.3) is 0 Å². The van der Waals surface area contributed by atoms with E-state index in [1.54, 1.807) is 0 Å². The van der Waals surface area contributed by atoms with Crippen molar-refractivity contribution in [2.75, 3.05) is 26.6 Å². The van der Waals surface area contributed by atoms with Crippen molar-refractivity contribution in [1.82, 2.24) is 5.32 Å². The summed E-state index contributed by atoms with van der Waals surface area (Å²) in [7, 11) is 0. The first-order valence-electron chi connectivity index (χ1n) is 6.90. The molecule has 6 nitrogen and oxygen atoms in total. The lowest BCUT2D eigenvalue weighted by molar-refractivity contribution is 0.145. The predicted molar refractivity (Wildman–Crippen MR) is 100 cm³/mol. The zero-order valence-corrected chi connectivity index (χ0v) is 16.3. The van der Waals surface area contributed by atoms with Crippen molar-refractivity contribution in [3.05, 3.63) is 22.2 Å². The Hall–Kier alpha value is -0.740. The van der Waals surface area contributed by atoms with Crippen molar-refractivity contribution in [1.29, 1.82) is 0 Å². The Balaban J connectivity index is 0.00000242. The zero-order chi connectivity index (χ0) is 15.1. The molecule has 0 amide bonds. The molecule has 124 valence electrons. The minimum absolute atomic E-state index is 0. The third kappa shape index (κ3) is 5.81. The third-order valence-electron chi connectivity index (χ3n) is 2.89. The van der Waals surface area contributed by atoms with Gasteiger partial charge < -0.3 is 25.3 Å². The second-order valence-electron chi connectivity index (χ2n) is 4.49. The molecule has 1 heterocycles. The van der Waals surface area contributed by atoms with E-state index in [0.29, 0.717) is 12.5 Å². The maximum atomic E-state index is 5.82. The lowest BCUT2D eigenvalue weighted by Gasteiger charge is -2.06. The van der Waals surface area contributed by atoms with Gasteiger partial charge in [0.2, 0.25) is 6.79 Å². The Morgan fingerprint density at radius 1 is 1.45 bits per heavy atom. The number of rotatable bonds is 7. The van der Waals surface area contributed by atoms with Crippen LogP contribution in [0.25, 0.3) is 0 Å². The summed E-state index contributed by atoms with van der Waals surface area (Å²) in [5, 5.41) is 3.06. The van der Waals surface area contributed by atoms with E-state index in [4.69, 9.17) is 19.9 Å². The van der Waals surface area contributed by atoms with Crippen LogP contribution < -0.4 is 20.5 Å². The van der Waals surface area contributed by atoms with Gasteiger partial charge >= 0.3 is 0 Å². The summed E-state index contributed by atoms with van der Waals surface area (Å²) in [5.74, 6) is 1.91. The van der Waals surface area contributed by atoms with Gasteiger partial charge in [0.15, 0.2) is 17.5 Å². The molecule has 1 aromatic carbocycles. The van der Waals surface area contributed by atoms with Crippen molar-refractivity contribution in [3.8, 4) is 11.5 Å². The van der Waals surface area contributed by atoms with Crippen LogP contribution in [-0.2, 0) is 11.3 Å². The van der Waals surface area contributed by atoms with Gasteiger partial charge in [-0.25, -0.2) is 4.99 Å². The highest BCUT2D eigenvalue weighted by atomic mass is 127. The highest BCUT2D eigenvalue weighted by Gasteiger charge is 2.17. The molecule has 0 saturated carbocycles. The maximum absolute atomic E-state index is 5.82. The molecule has 0 atom stereocenters. The molecule has 0 radical (unpaired) electrons. The molecule has 0 aliphatic carbocycles. The van der Waals surface area contributed by atoms with Gasteiger partial charge in [-0.3, -0.25) is 0 Å². The van der Waals surface area contributed by atoms with E-state index < -0.39 is 0 Å². The van der Waals surface area contributed by atoms with E-state index in [2.05, 4.69) is 26.2 Å². The fraction of sp³-hybridized carbons (Fsp3) is 0.500. The summed E-state index contributed by atoms with van der Waals surface area (Å²) in [6.07, 6.45) is 0.902. The van der Waals surface area contributed by atoms with Crippen LogP contribution in [0.4, 0.5) is 0 Å². The van der Waals surface area contributed by atoms with Crippen LogP contribution in [0.2, 0.25) is 0 Å². The molecule has 0 aromatic heterocycles. The van der Waals surface area contributed by atoms with Crippen molar-refractivity contribution >= 4 is 45.9 Å². The van der Waals surface area contributed by atoms with E-state index in [1.807, 2.05) is 19.1 Å². The number of ether oxygens (including phenoxy) is 3. The SMILES string of the molecule is CCOCCCNC(N)=NCc1cc(Br)c2c(c1)OCO2.I. The Labute approximate surface area is 155 Å². The second-order valence-corrected chi connectivity index (χ2v) is 5.34. The molecule has 1 aliphatic heterocycles. The van der Waals surface area contributed by atoms with Gasteiger partial charge in [0, 0.05) is 19.8 Å². The van der Waals surface area contributed by atoms with Crippen LogP contribution in [-0.4, -0.2) is 32.5 Å². The lowest BCUT2D eigenvalue weighted by Crippen LogP contribution is -2.32. The number of hydrogen-bond donors (Lipinski definition) is 2. The van der Waals surface area contributed by atoms with Crippen LogP contribution in [0.1, 0.15) is 18.9 Å². The number of guanidine groups is 1. The molecule has 22 heavy (non-hydrogen) atoms. The van der Waals surface area contributed by atoms with Crippen LogP contribution in [0, 0.1) is 0 Å². The summed E-state index contributed by atoms with van der Waals surface area (Å²) in [4.78, 5) is 4.30. The first kappa shape index (κ1) is 19.3. The van der Waals surface area contributed by atoms with Crippen molar-refractivity contribution in [2.24, 2.45) is 10.7 Å². The smallest absolute Gasteiger partial charge is 0.231 e. The summed E-state index contributed by atoms with van der Waals surface area (Å²) in [5.41, 5.74) is 6.82. The molecule has 1 aromatic rings. The average molecular weight is 486 g/mol. The quantitative estimate of drug-likeness (QED) is 0.268. The topological polar surface area (TPSA) is 78.1 Å². The molecule has 0 fully saturated rings. The van der Waals surface area contributed by atoms with Gasteiger partial charge in [0.05, 0.1) is 11.0 Å². The highest BCUT2D eigenvalue weighted by molar-refractivity contribution is 14.0. The first-order valence-corrected chi connectivity index (χ1v) is 7.69. The summed E-state index contributed by atoms with van der Waals surface area (Å²) in [6, 6.07) is 3.87. The van der Waals surface area contributed by atoms with Crippen LogP contribution in [0.15, 0.2) is 21.6 Å². The highest BCUT2D eigenvalue weighted by Crippen LogP contribution is 2.40. The lowest BCUT2D eigenvalue weighted by atomic mass is 10.2. The van der Waals surface area contributed by atoms with Gasteiger partial charge in [-0.1, -0.05) is 0 Å². The summed E-state index contributed by atoms with van der Waals surface area (Å²) in [6.45, 7) is 4.94. The van der Waals surface area contributed by atoms with E-state index in [0.717, 1.165) is 47.7 Å². The normalized spacial score (nSPS) is 12.9. The van der Waals surface area contributed by atoms with Crippen molar-refractivity contribution < 1.29 is 14.2 Å². The first-order chi connectivity index (χ1) is 10.2. The van der Waals surface area contributed by atoms with Crippen LogP contribution in [0.3, 0.4) is 0 Å². The number of benzene rings is 1. The van der Waals surface area contributed by atoms with Crippen LogP contribution >= 0.6 is 39.9 Å². The van der Waals surface area contributed by atoms with Crippen molar-refractivity contribution in [3.63, 3.8) is 0 Å². The van der Waals surface area contributed by atoms with Crippen LogP contribution in [0.5, 0.6) is 11.5 Å². The fourth-order valence-corrected chi connectivity index (χ4v) is 2.48. The number of nitrogens with one attached hydrogen (secondary N) is 1. The molecule has 2 rings (SSSR count). The summed E-state index contributed by atoms with van der Waals surface area (Å²) < 4.78 is 16.8. The fourth-order valence-electron chi connectivity index (χ4n) is 1.88. The Bertz CT molecular complexity index is 514. The Morgan fingerprint density at radius 3 is 3.05 bits per heavy atom. The maximum Gasteiger partial charge on any atom is 0.231 e. The average Bonchev–Trinajstić information content (AvgIpc) is 2.94. The molecule has 0 bridgehead atoms. The summed E-state index contributed by atoms with van der Waals surface area (Å²) >= 11 is 3.46. The standard InChI is InChI=1S/C14H20BrN3O3.HI/c1-2-19-5-3-4-17-14(16)18-8-10-6-11(15)13-12(7-10)20-9-21-13;/h6-7H,2-5,8-9H2,1H3,(H3,16,17,18);1H. The number of nitrogens with two attached hydrogens (primary N) is 1. The van der Waals surface area contributed by atoms with E-state index >= 15 is 0 Å². The van der Waals surface area contributed by atoms with E-state index in [9.17, 15) is 0 Å². The van der Waals surface area contributed by atoms with E-state index in [-0.39, 0.29) is 30.8 Å². The molecule has 8 heteroatoms. The predicted octanol–water partition coefficient (Wildman–Crippen LogP) is 2.63. The number of halogens is 2. The minimum atomic E-state index is 0. The largest absolute Gasteiger partial charge is 0.454 e. The van der Waals surface area contributed by atoms with Gasteiger partial charge in [-0.15, -0.1) is 24.0 Å².